The normalized spacial score (nSPS) is 12.3. The van der Waals surface area contributed by atoms with E-state index in [2.05, 4.69) is 26.1 Å². The molecule has 2 aromatic carbocycles. The van der Waals surface area contributed by atoms with Crippen LogP contribution in [0.3, 0.4) is 0 Å². The topological polar surface area (TPSA) is 75.6 Å². The summed E-state index contributed by atoms with van der Waals surface area (Å²) in [4.78, 5) is 23.3. The number of nitrogens with one attached hydrogen (secondary N) is 1. The molecule has 2 aromatic rings. The molecular weight excluding hydrogens is 318 g/mol. The van der Waals surface area contributed by atoms with Crippen molar-refractivity contribution in [1.29, 1.82) is 0 Å². The van der Waals surface area contributed by atoms with Crippen molar-refractivity contribution in [1.82, 2.24) is 5.32 Å². The molecule has 0 aliphatic heterocycles. The van der Waals surface area contributed by atoms with Gasteiger partial charge in [-0.25, -0.2) is 4.79 Å². The van der Waals surface area contributed by atoms with Crippen molar-refractivity contribution < 1.29 is 19.4 Å². The molecule has 5 nitrogen and oxygen atoms in total. The lowest BCUT2D eigenvalue weighted by Gasteiger charge is -2.32. The van der Waals surface area contributed by atoms with Crippen molar-refractivity contribution in [2.45, 2.75) is 26.8 Å². The Kier molecular flexibility index (Phi) is 5.80. The quantitative estimate of drug-likeness (QED) is 0.840. The zero-order chi connectivity index (χ0) is 18.4. The van der Waals surface area contributed by atoms with Crippen LogP contribution in [0.5, 0.6) is 5.75 Å². The predicted octanol–water partition coefficient (Wildman–Crippen LogP) is 3.67. The van der Waals surface area contributed by atoms with Crippen molar-refractivity contribution in [3.05, 3.63) is 65.7 Å². The Morgan fingerprint density at radius 3 is 2.36 bits per heavy atom. The third kappa shape index (κ3) is 5.35. The van der Waals surface area contributed by atoms with E-state index in [1.165, 1.54) is 0 Å². The van der Waals surface area contributed by atoms with Gasteiger partial charge in [-0.3, -0.25) is 4.79 Å². The lowest BCUT2D eigenvalue weighted by atomic mass is 9.82. The van der Waals surface area contributed by atoms with E-state index in [1.807, 2.05) is 30.3 Å². The molecular formula is C20H23NO4. The Balaban J connectivity index is 2.19. The van der Waals surface area contributed by atoms with Crippen LogP contribution in [-0.4, -0.2) is 23.6 Å². The molecule has 1 amide bonds. The highest BCUT2D eigenvalue weighted by atomic mass is 16.5. The van der Waals surface area contributed by atoms with Crippen LogP contribution in [0.25, 0.3) is 0 Å². The molecule has 132 valence electrons. The Morgan fingerprint density at radius 1 is 1.08 bits per heavy atom. The molecule has 0 saturated heterocycles. The average Bonchev–Trinajstić information content (AvgIpc) is 2.57. The summed E-state index contributed by atoms with van der Waals surface area (Å²) in [6.45, 7) is 5.76. The van der Waals surface area contributed by atoms with Crippen LogP contribution in [0.15, 0.2) is 54.6 Å². The summed E-state index contributed by atoms with van der Waals surface area (Å²) < 4.78 is 5.14. The van der Waals surface area contributed by atoms with E-state index in [-0.39, 0.29) is 17.4 Å². The van der Waals surface area contributed by atoms with Crippen molar-refractivity contribution in [3.63, 3.8) is 0 Å². The summed E-state index contributed by atoms with van der Waals surface area (Å²) >= 11 is 0. The third-order valence-corrected chi connectivity index (χ3v) is 3.73. The van der Waals surface area contributed by atoms with Crippen molar-refractivity contribution in [2.75, 3.05) is 6.61 Å². The minimum atomic E-state index is -1.06. The number of carboxylic acids is 1. The van der Waals surface area contributed by atoms with Crippen molar-refractivity contribution >= 4 is 11.9 Å². The Hall–Kier alpha value is -2.82. The highest BCUT2D eigenvalue weighted by Gasteiger charge is 2.28. The van der Waals surface area contributed by atoms with Gasteiger partial charge in [-0.2, -0.15) is 0 Å². The molecule has 0 bridgehead atoms. The monoisotopic (exact) mass is 341 g/mol. The molecule has 0 fully saturated rings. The Morgan fingerprint density at radius 2 is 1.76 bits per heavy atom. The van der Waals surface area contributed by atoms with Crippen LogP contribution in [0.4, 0.5) is 0 Å². The van der Waals surface area contributed by atoms with Crippen LogP contribution < -0.4 is 10.1 Å². The van der Waals surface area contributed by atoms with Gasteiger partial charge in [-0.05, 0) is 29.2 Å². The van der Waals surface area contributed by atoms with Crippen LogP contribution in [0, 0.1) is 5.41 Å². The standard InChI is InChI=1S/C20H23NO4/c1-20(2,3)18(14-8-5-4-6-9-14)21-19(24)15-10-7-11-16(12-15)25-13-17(22)23/h4-12,18H,13H2,1-3H3,(H,21,24)(H,22,23). The highest BCUT2D eigenvalue weighted by Crippen LogP contribution is 2.33. The van der Waals surface area contributed by atoms with Crippen LogP contribution in [0.1, 0.15) is 42.7 Å². The molecule has 0 aliphatic carbocycles. The molecule has 0 saturated carbocycles. The fourth-order valence-electron chi connectivity index (χ4n) is 2.53. The summed E-state index contributed by atoms with van der Waals surface area (Å²) in [5.74, 6) is -0.946. The first-order valence-electron chi connectivity index (χ1n) is 8.08. The number of hydrogen-bond donors (Lipinski definition) is 2. The summed E-state index contributed by atoms with van der Waals surface area (Å²) in [6, 6.07) is 16.2. The summed E-state index contributed by atoms with van der Waals surface area (Å²) in [5.41, 5.74) is 1.28. The van der Waals surface area contributed by atoms with Gasteiger partial charge in [0.2, 0.25) is 0 Å². The Labute approximate surface area is 147 Å². The lowest BCUT2D eigenvalue weighted by Crippen LogP contribution is -2.36. The molecule has 25 heavy (non-hydrogen) atoms. The van der Waals surface area contributed by atoms with E-state index in [0.29, 0.717) is 11.3 Å². The first kappa shape index (κ1) is 18.5. The molecule has 1 unspecified atom stereocenters. The number of carboxylic acid groups (broad SMARTS) is 1. The number of carbonyl (C=O) groups is 2. The number of amides is 1. The predicted molar refractivity (Wildman–Crippen MR) is 95.7 cm³/mol. The molecule has 5 heteroatoms. The van der Waals surface area contributed by atoms with E-state index >= 15 is 0 Å². The van der Waals surface area contributed by atoms with Gasteiger partial charge >= 0.3 is 5.97 Å². The maximum absolute atomic E-state index is 12.7. The molecule has 0 aliphatic rings. The number of benzene rings is 2. The lowest BCUT2D eigenvalue weighted by molar-refractivity contribution is -0.139. The molecule has 2 rings (SSSR count). The highest BCUT2D eigenvalue weighted by molar-refractivity contribution is 5.94. The SMILES string of the molecule is CC(C)(C)C(NC(=O)c1cccc(OCC(=O)O)c1)c1ccccc1. The molecule has 1 atom stereocenters. The first-order chi connectivity index (χ1) is 11.8. The maximum Gasteiger partial charge on any atom is 0.341 e. The number of ether oxygens (including phenoxy) is 1. The second-order valence-electron chi connectivity index (χ2n) is 6.89. The maximum atomic E-state index is 12.7. The molecule has 2 N–H and O–H groups in total. The van der Waals surface area contributed by atoms with E-state index < -0.39 is 12.6 Å². The van der Waals surface area contributed by atoms with Gasteiger partial charge in [-0.1, -0.05) is 57.2 Å². The van der Waals surface area contributed by atoms with Gasteiger partial charge in [0, 0.05) is 5.56 Å². The van der Waals surface area contributed by atoms with Crippen LogP contribution in [0.2, 0.25) is 0 Å². The molecule has 0 spiro atoms. The molecule has 0 radical (unpaired) electrons. The molecule has 0 heterocycles. The second kappa shape index (κ2) is 7.83. The Bertz CT molecular complexity index is 735. The second-order valence-corrected chi connectivity index (χ2v) is 6.89. The fourth-order valence-corrected chi connectivity index (χ4v) is 2.53. The third-order valence-electron chi connectivity index (χ3n) is 3.73. The number of hydrogen-bond acceptors (Lipinski definition) is 3. The fraction of sp³-hybridized carbons (Fsp3) is 0.300. The van der Waals surface area contributed by atoms with Crippen molar-refractivity contribution in [2.24, 2.45) is 5.41 Å². The largest absolute Gasteiger partial charge is 0.482 e. The average molecular weight is 341 g/mol. The first-order valence-corrected chi connectivity index (χ1v) is 8.08. The van der Waals surface area contributed by atoms with E-state index in [0.717, 1.165) is 5.56 Å². The van der Waals surface area contributed by atoms with Crippen LogP contribution in [-0.2, 0) is 4.79 Å². The van der Waals surface area contributed by atoms with Crippen molar-refractivity contribution in [3.8, 4) is 5.75 Å². The van der Waals surface area contributed by atoms with Gasteiger partial charge in [0.1, 0.15) is 5.75 Å². The zero-order valence-electron chi connectivity index (χ0n) is 14.7. The van der Waals surface area contributed by atoms with E-state index in [1.54, 1.807) is 24.3 Å². The smallest absolute Gasteiger partial charge is 0.341 e. The molecule has 0 aromatic heterocycles. The van der Waals surface area contributed by atoms with E-state index in [9.17, 15) is 9.59 Å². The van der Waals surface area contributed by atoms with E-state index in [4.69, 9.17) is 9.84 Å². The minimum absolute atomic E-state index is 0.162. The number of carbonyl (C=O) groups excluding carboxylic acids is 1. The van der Waals surface area contributed by atoms with Crippen LogP contribution >= 0.6 is 0 Å². The summed E-state index contributed by atoms with van der Waals surface area (Å²) in [7, 11) is 0. The minimum Gasteiger partial charge on any atom is -0.482 e. The summed E-state index contributed by atoms with van der Waals surface area (Å²) in [5, 5.41) is 11.8. The summed E-state index contributed by atoms with van der Waals surface area (Å²) in [6.07, 6.45) is 0. The number of aliphatic carboxylic acids is 1. The van der Waals surface area contributed by atoms with Gasteiger partial charge in [0.05, 0.1) is 6.04 Å². The van der Waals surface area contributed by atoms with Gasteiger partial charge in [0.25, 0.3) is 5.91 Å². The van der Waals surface area contributed by atoms with Gasteiger partial charge in [0.15, 0.2) is 6.61 Å². The number of rotatable bonds is 6. The zero-order valence-corrected chi connectivity index (χ0v) is 14.7. The van der Waals surface area contributed by atoms with Gasteiger partial charge in [-0.15, -0.1) is 0 Å². The van der Waals surface area contributed by atoms with Gasteiger partial charge < -0.3 is 15.2 Å².